The van der Waals surface area contributed by atoms with Crippen LogP contribution in [0.25, 0.3) is 16.7 Å². The second kappa shape index (κ2) is 3.71. The van der Waals surface area contributed by atoms with Crippen molar-refractivity contribution >= 4 is 28.5 Å². The predicted octanol–water partition coefficient (Wildman–Crippen LogP) is 2.43. The number of aromatic amines is 1. The van der Waals surface area contributed by atoms with Crippen LogP contribution >= 0.6 is 11.6 Å². The normalized spacial score (nSPS) is 11.3. The number of nitrogens with one attached hydrogen (secondary N) is 1. The molecule has 0 radical (unpaired) electrons. The van der Waals surface area contributed by atoms with Crippen LogP contribution in [-0.4, -0.2) is 20.0 Å². The predicted molar refractivity (Wildman–Crippen MR) is 67.3 cm³/mol. The molecule has 0 aliphatic rings. The monoisotopic (exact) mass is 265 g/mol. The SMILES string of the molecule is Cc1nn(-c2ccc(Cl)c(F)c2)c2n[nH]c(N)c12. The van der Waals surface area contributed by atoms with E-state index < -0.39 is 5.82 Å². The van der Waals surface area contributed by atoms with Gasteiger partial charge < -0.3 is 5.73 Å². The van der Waals surface area contributed by atoms with E-state index in [2.05, 4.69) is 15.3 Å². The van der Waals surface area contributed by atoms with Gasteiger partial charge >= 0.3 is 0 Å². The van der Waals surface area contributed by atoms with Crippen molar-refractivity contribution in [1.82, 2.24) is 20.0 Å². The zero-order chi connectivity index (χ0) is 12.9. The topological polar surface area (TPSA) is 72.5 Å². The molecule has 0 aliphatic heterocycles. The number of nitrogens with two attached hydrogens (primary N) is 1. The summed E-state index contributed by atoms with van der Waals surface area (Å²) >= 11 is 5.65. The molecule has 92 valence electrons. The van der Waals surface area contributed by atoms with Gasteiger partial charge in [0, 0.05) is 6.07 Å². The first-order chi connectivity index (χ1) is 8.58. The molecule has 3 aromatic rings. The minimum Gasteiger partial charge on any atom is -0.383 e. The largest absolute Gasteiger partial charge is 0.383 e. The number of rotatable bonds is 1. The Balaban J connectivity index is 2.28. The molecule has 7 heteroatoms. The lowest BCUT2D eigenvalue weighted by molar-refractivity contribution is 0.626. The van der Waals surface area contributed by atoms with Crippen molar-refractivity contribution in [2.75, 3.05) is 5.73 Å². The summed E-state index contributed by atoms with van der Waals surface area (Å²) in [4.78, 5) is 0. The van der Waals surface area contributed by atoms with Gasteiger partial charge in [-0.1, -0.05) is 11.6 Å². The summed E-state index contributed by atoms with van der Waals surface area (Å²) in [6, 6.07) is 4.45. The van der Waals surface area contributed by atoms with Crippen LogP contribution in [0.5, 0.6) is 0 Å². The summed E-state index contributed by atoms with van der Waals surface area (Å²) in [5.41, 5.74) is 7.59. The second-order valence-electron chi connectivity index (χ2n) is 3.93. The highest BCUT2D eigenvalue weighted by molar-refractivity contribution is 6.30. The smallest absolute Gasteiger partial charge is 0.186 e. The number of aryl methyl sites for hydroxylation is 1. The van der Waals surface area contributed by atoms with Gasteiger partial charge in [-0.15, -0.1) is 0 Å². The molecule has 0 saturated heterocycles. The van der Waals surface area contributed by atoms with Crippen molar-refractivity contribution in [3.05, 3.63) is 34.7 Å². The van der Waals surface area contributed by atoms with E-state index in [1.54, 1.807) is 6.07 Å². The van der Waals surface area contributed by atoms with Crippen molar-refractivity contribution in [1.29, 1.82) is 0 Å². The Hall–Kier alpha value is -2.08. The molecule has 2 aromatic heterocycles. The number of nitrogen functional groups attached to an aromatic ring is 1. The third-order valence-corrected chi connectivity index (χ3v) is 3.04. The van der Waals surface area contributed by atoms with E-state index in [1.807, 2.05) is 6.92 Å². The minimum absolute atomic E-state index is 0.0698. The number of aromatic nitrogens is 4. The summed E-state index contributed by atoms with van der Waals surface area (Å²) in [7, 11) is 0. The Morgan fingerprint density at radius 2 is 2.22 bits per heavy atom. The number of fused-ring (bicyclic) bond motifs is 1. The van der Waals surface area contributed by atoms with Gasteiger partial charge in [0.05, 0.1) is 21.8 Å². The van der Waals surface area contributed by atoms with Gasteiger partial charge in [-0.2, -0.15) is 10.2 Å². The molecule has 3 rings (SSSR count). The van der Waals surface area contributed by atoms with Gasteiger partial charge in [-0.25, -0.2) is 9.07 Å². The molecule has 5 nitrogen and oxygen atoms in total. The Kier molecular flexibility index (Phi) is 2.27. The first-order valence-electron chi connectivity index (χ1n) is 5.22. The van der Waals surface area contributed by atoms with Crippen LogP contribution in [0.15, 0.2) is 18.2 Å². The average molecular weight is 266 g/mol. The Bertz CT molecular complexity index is 745. The first kappa shape index (κ1) is 11.0. The Morgan fingerprint density at radius 1 is 1.44 bits per heavy atom. The van der Waals surface area contributed by atoms with Gasteiger partial charge in [-0.05, 0) is 19.1 Å². The molecule has 0 spiro atoms. The highest BCUT2D eigenvalue weighted by Gasteiger charge is 2.15. The lowest BCUT2D eigenvalue weighted by atomic mass is 10.3. The van der Waals surface area contributed by atoms with E-state index in [0.717, 1.165) is 11.1 Å². The standard InChI is InChI=1S/C11H9ClFN5/c1-5-9-10(14)15-16-11(9)18(17-5)6-2-3-7(12)8(13)4-6/h2-4H,1H3,(H3,14,15,16). The van der Waals surface area contributed by atoms with E-state index >= 15 is 0 Å². The van der Waals surface area contributed by atoms with Gasteiger partial charge in [0.15, 0.2) is 5.65 Å². The Morgan fingerprint density at radius 3 is 2.94 bits per heavy atom. The highest BCUT2D eigenvalue weighted by atomic mass is 35.5. The molecule has 0 fully saturated rings. The summed E-state index contributed by atoms with van der Waals surface area (Å²) in [5, 5.41) is 11.9. The van der Waals surface area contributed by atoms with Crippen molar-refractivity contribution < 1.29 is 4.39 Å². The first-order valence-corrected chi connectivity index (χ1v) is 5.60. The summed E-state index contributed by atoms with van der Waals surface area (Å²) < 4.78 is 15.0. The van der Waals surface area contributed by atoms with Gasteiger partial charge in [0.25, 0.3) is 0 Å². The van der Waals surface area contributed by atoms with E-state index in [9.17, 15) is 4.39 Å². The number of H-pyrrole nitrogens is 1. The molecule has 0 unspecified atom stereocenters. The third-order valence-electron chi connectivity index (χ3n) is 2.74. The molecule has 0 saturated carbocycles. The van der Waals surface area contributed by atoms with Crippen LogP contribution in [0, 0.1) is 12.7 Å². The molecule has 2 heterocycles. The van der Waals surface area contributed by atoms with Gasteiger partial charge in [0.1, 0.15) is 11.6 Å². The number of halogens is 2. The molecule has 0 amide bonds. The second-order valence-corrected chi connectivity index (χ2v) is 4.34. The minimum atomic E-state index is -0.501. The number of nitrogens with zero attached hydrogens (tertiary/aromatic N) is 3. The number of hydrogen-bond donors (Lipinski definition) is 2. The Labute approximate surface area is 106 Å². The lowest BCUT2D eigenvalue weighted by Gasteiger charge is -2.02. The molecule has 0 bridgehead atoms. The molecular weight excluding hydrogens is 257 g/mol. The quantitative estimate of drug-likeness (QED) is 0.710. The molecule has 18 heavy (non-hydrogen) atoms. The van der Waals surface area contributed by atoms with Crippen LogP contribution in [0.2, 0.25) is 5.02 Å². The molecule has 3 N–H and O–H groups in total. The zero-order valence-corrected chi connectivity index (χ0v) is 10.2. The summed E-state index contributed by atoms with van der Waals surface area (Å²) in [6.45, 7) is 1.82. The molecule has 0 aliphatic carbocycles. The van der Waals surface area contributed by atoms with Crippen LogP contribution in [0.4, 0.5) is 10.2 Å². The number of benzene rings is 1. The summed E-state index contributed by atoms with van der Waals surface area (Å²) in [5.74, 6) is -0.0536. The molecular formula is C11H9ClFN5. The number of anilines is 1. The third kappa shape index (κ3) is 1.46. The lowest BCUT2D eigenvalue weighted by Crippen LogP contribution is -1.98. The maximum atomic E-state index is 13.5. The average Bonchev–Trinajstić information content (AvgIpc) is 2.86. The highest BCUT2D eigenvalue weighted by Crippen LogP contribution is 2.25. The van der Waals surface area contributed by atoms with Crippen LogP contribution in [0.1, 0.15) is 5.69 Å². The maximum absolute atomic E-state index is 13.5. The fraction of sp³-hybridized carbons (Fsp3) is 0.0909. The van der Waals surface area contributed by atoms with Gasteiger partial charge in [0.2, 0.25) is 0 Å². The molecule has 0 atom stereocenters. The van der Waals surface area contributed by atoms with E-state index in [0.29, 0.717) is 17.2 Å². The van der Waals surface area contributed by atoms with Crippen LogP contribution in [-0.2, 0) is 0 Å². The van der Waals surface area contributed by atoms with Crippen LogP contribution < -0.4 is 5.73 Å². The maximum Gasteiger partial charge on any atom is 0.186 e. The van der Waals surface area contributed by atoms with Crippen molar-refractivity contribution in [2.45, 2.75) is 6.92 Å². The summed E-state index contributed by atoms with van der Waals surface area (Å²) in [6.07, 6.45) is 0. The van der Waals surface area contributed by atoms with Crippen molar-refractivity contribution in [3.63, 3.8) is 0 Å². The van der Waals surface area contributed by atoms with Crippen molar-refractivity contribution in [3.8, 4) is 5.69 Å². The van der Waals surface area contributed by atoms with E-state index in [1.165, 1.54) is 16.8 Å². The van der Waals surface area contributed by atoms with Gasteiger partial charge in [-0.3, -0.25) is 5.10 Å². The van der Waals surface area contributed by atoms with E-state index in [4.69, 9.17) is 17.3 Å². The van der Waals surface area contributed by atoms with E-state index in [-0.39, 0.29) is 5.02 Å². The fourth-order valence-corrected chi connectivity index (χ4v) is 2.02. The molecule has 1 aromatic carbocycles. The van der Waals surface area contributed by atoms with Crippen LogP contribution in [0.3, 0.4) is 0 Å². The fourth-order valence-electron chi connectivity index (χ4n) is 1.90. The zero-order valence-electron chi connectivity index (χ0n) is 9.41. The number of hydrogen-bond acceptors (Lipinski definition) is 3. The van der Waals surface area contributed by atoms with Crippen molar-refractivity contribution in [2.24, 2.45) is 0 Å².